The standard InChI is InChI=1S/C34H38N6O5S/c1-37-17-15-27(16-18-37)36-22-25-14-19-38(23-25)33(41)32(26-6-4-3-5-7-26)39-31-20-24(21-35)8-13-30(31)40(34(39)42)46(43,44)29-11-9-28(45-2)10-12-29/h3-13,20,25,27,32,36H,14-19,22-23H2,1-2H3/t25-,32?/m0/s1. The Morgan fingerprint density at radius 1 is 1.00 bits per heavy atom. The lowest BCUT2D eigenvalue weighted by atomic mass is 10.0. The van der Waals surface area contributed by atoms with Gasteiger partial charge in [0.2, 0.25) is 5.91 Å². The number of likely N-dealkylation sites (tertiary alicyclic amines) is 2. The lowest BCUT2D eigenvalue weighted by Crippen LogP contribution is -2.43. The maximum atomic E-state index is 14.5. The molecule has 2 fully saturated rings. The second-order valence-electron chi connectivity index (χ2n) is 12.2. The predicted molar refractivity (Wildman–Crippen MR) is 174 cm³/mol. The predicted octanol–water partition coefficient (Wildman–Crippen LogP) is 3.04. The number of carbonyl (C=O) groups excluding carboxylic acids is 1. The summed E-state index contributed by atoms with van der Waals surface area (Å²) in [5.41, 5.74) is 0.160. The maximum Gasteiger partial charge on any atom is 0.344 e. The van der Waals surface area contributed by atoms with Gasteiger partial charge in [0.15, 0.2) is 0 Å². The molecule has 240 valence electrons. The highest BCUT2D eigenvalue weighted by Crippen LogP contribution is 2.30. The molecule has 1 aromatic heterocycles. The molecular formula is C34H38N6O5S. The molecule has 0 radical (unpaired) electrons. The minimum Gasteiger partial charge on any atom is -0.497 e. The smallest absolute Gasteiger partial charge is 0.344 e. The Balaban J connectivity index is 1.39. The van der Waals surface area contributed by atoms with Crippen molar-refractivity contribution in [1.29, 1.82) is 5.26 Å². The first kappa shape index (κ1) is 31.5. The number of nitrogens with zero attached hydrogens (tertiary/aromatic N) is 5. The van der Waals surface area contributed by atoms with Crippen LogP contribution >= 0.6 is 0 Å². The van der Waals surface area contributed by atoms with Crippen molar-refractivity contribution in [2.24, 2.45) is 5.92 Å². The van der Waals surface area contributed by atoms with Crippen LogP contribution in [0.4, 0.5) is 0 Å². The zero-order valence-electron chi connectivity index (χ0n) is 26.0. The molecule has 12 heteroatoms. The first-order valence-electron chi connectivity index (χ1n) is 15.5. The average Bonchev–Trinajstić information content (AvgIpc) is 3.67. The molecule has 0 saturated carbocycles. The van der Waals surface area contributed by atoms with E-state index in [1.165, 1.54) is 54.1 Å². The number of hydrogen-bond donors (Lipinski definition) is 1. The Bertz CT molecular complexity index is 1920. The number of carbonyl (C=O) groups is 1. The Morgan fingerprint density at radius 3 is 2.39 bits per heavy atom. The van der Waals surface area contributed by atoms with Crippen molar-refractivity contribution in [3.63, 3.8) is 0 Å². The van der Waals surface area contributed by atoms with Gasteiger partial charge in [0.25, 0.3) is 10.0 Å². The fraction of sp³-hybridized carbons (Fsp3) is 0.382. The highest BCUT2D eigenvalue weighted by atomic mass is 32.2. The van der Waals surface area contributed by atoms with Gasteiger partial charge in [-0.3, -0.25) is 9.36 Å². The number of methoxy groups -OCH3 is 1. The topological polar surface area (TPSA) is 130 Å². The molecule has 2 atom stereocenters. The van der Waals surface area contributed by atoms with Gasteiger partial charge in [-0.15, -0.1) is 0 Å². The van der Waals surface area contributed by atoms with E-state index in [1.54, 1.807) is 29.2 Å². The number of nitriles is 1. The van der Waals surface area contributed by atoms with E-state index in [0.29, 0.717) is 30.4 Å². The number of ether oxygens (including phenoxy) is 1. The van der Waals surface area contributed by atoms with Gasteiger partial charge in [0.05, 0.1) is 34.7 Å². The molecule has 2 aliphatic rings. The number of piperidine rings is 1. The summed E-state index contributed by atoms with van der Waals surface area (Å²) in [6.07, 6.45) is 3.02. The number of fused-ring (bicyclic) bond motifs is 1. The highest BCUT2D eigenvalue weighted by Gasteiger charge is 2.37. The van der Waals surface area contributed by atoms with E-state index in [0.717, 1.165) is 42.9 Å². The lowest BCUT2D eigenvalue weighted by molar-refractivity contribution is -0.132. The second kappa shape index (κ2) is 13.1. The van der Waals surface area contributed by atoms with Crippen LogP contribution in [0.3, 0.4) is 0 Å². The van der Waals surface area contributed by atoms with Gasteiger partial charge in [0.1, 0.15) is 11.8 Å². The lowest BCUT2D eigenvalue weighted by Gasteiger charge is -2.30. The van der Waals surface area contributed by atoms with E-state index < -0.39 is 21.8 Å². The number of hydrogen-bond acceptors (Lipinski definition) is 8. The van der Waals surface area contributed by atoms with Crippen molar-refractivity contribution in [3.8, 4) is 11.8 Å². The Labute approximate surface area is 268 Å². The van der Waals surface area contributed by atoms with Crippen LogP contribution < -0.4 is 15.7 Å². The fourth-order valence-corrected chi connectivity index (χ4v) is 7.95. The van der Waals surface area contributed by atoms with Gasteiger partial charge in [-0.2, -0.15) is 9.23 Å². The SMILES string of the molecule is COc1ccc(S(=O)(=O)n2c(=O)n(C(C(=O)N3CC[C@@H](CNC4CCN(C)CC4)C3)c3ccccc3)c3cc(C#N)ccc32)cc1. The monoisotopic (exact) mass is 642 g/mol. The van der Waals surface area contributed by atoms with Crippen molar-refractivity contribution in [1.82, 2.24) is 23.7 Å². The van der Waals surface area contributed by atoms with Gasteiger partial charge < -0.3 is 19.9 Å². The van der Waals surface area contributed by atoms with Crippen LogP contribution in [0.5, 0.6) is 5.75 Å². The molecule has 1 unspecified atom stereocenters. The Kier molecular flexibility index (Phi) is 8.99. The number of amides is 1. The first-order valence-corrected chi connectivity index (χ1v) is 17.0. The minimum atomic E-state index is -4.40. The summed E-state index contributed by atoms with van der Waals surface area (Å²) >= 11 is 0. The van der Waals surface area contributed by atoms with E-state index in [-0.39, 0.29) is 33.3 Å². The first-order chi connectivity index (χ1) is 22.2. The van der Waals surface area contributed by atoms with Crippen molar-refractivity contribution < 1.29 is 17.9 Å². The van der Waals surface area contributed by atoms with Gasteiger partial charge in [-0.1, -0.05) is 30.3 Å². The molecule has 46 heavy (non-hydrogen) atoms. The van der Waals surface area contributed by atoms with Crippen LogP contribution in [0.1, 0.15) is 36.4 Å². The van der Waals surface area contributed by atoms with Crippen molar-refractivity contribution in [3.05, 3.63) is 94.4 Å². The summed E-state index contributed by atoms with van der Waals surface area (Å²) in [4.78, 5) is 32.9. The highest BCUT2D eigenvalue weighted by molar-refractivity contribution is 7.90. The van der Waals surface area contributed by atoms with E-state index in [4.69, 9.17) is 4.74 Å². The van der Waals surface area contributed by atoms with Gasteiger partial charge in [-0.25, -0.2) is 13.2 Å². The van der Waals surface area contributed by atoms with Crippen molar-refractivity contribution in [2.75, 3.05) is 46.9 Å². The third-order valence-corrected chi connectivity index (χ3v) is 10.9. The molecule has 6 rings (SSSR count). The summed E-state index contributed by atoms with van der Waals surface area (Å²) in [5.74, 6) is 0.435. The summed E-state index contributed by atoms with van der Waals surface area (Å²) in [6.45, 7) is 4.00. The van der Waals surface area contributed by atoms with Crippen LogP contribution in [-0.2, 0) is 14.8 Å². The molecular weight excluding hydrogens is 604 g/mol. The number of benzene rings is 3. The summed E-state index contributed by atoms with van der Waals surface area (Å²) in [6, 6.07) is 20.5. The van der Waals surface area contributed by atoms with E-state index in [1.807, 2.05) is 6.07 Å². The van der Waals surface area contributed by atoms with Gasteiger partial charge in [-0.05, 0) is 99.9 Å². The normalized spacial score (nSPS) is 18.5. The van der Waals surface area contributed by atoms with E-state index in [9.17, 15) is 23.3 Å². The van der Waals surface area contributed by atoms with Crippen LogP contribution in [0, 0.1) is 17.2 Å². The number of aromatic nitrogens is 2. The molecule has 2 saturated heterocycles. The average molecular weight is 643 g/mol. The third-order valence-electron chi connectivity index (χ3n) is 9.18. The van der Waals surface area contributed by atoms with E-state index >= 15 is 0 Å². The summed E-state index contributed by atoms with van der Waals surface area (Å²) in [7, 11) is -0.789. The molecule has 4 aromatic rings. The molecule has 2 aliphatic heterocycles. The fourth-order valence-electron chi connectivity index (χ4n) is 6.55. The van der Waals surface area contributed by atoms with Crippen LogP contribution in [0.25, 0.3) is 11.0 Å². The number of nitrogens with one attached hydrogen (secondary N) is 1. The quantitative estimate of drug-likeness (QED) is 0.295. The second-order valence-corrected chi connectivity index (χ2v) is 13.9. The van der Waals surface area contributed by atoms with Crippen LogP contribution in [-0.4, -0.2) is 85.6 Å². The zero-order chi connectivity index (χ0) is 32.4. The molecule has 1 N–H and O–H groups in total. The number of rotatable bonds is 9. The molecule has 1 amide bonds. The molecule has 3 heterocycles. The van der Waals surface area contributed by atoms with Crippen LogP contribution in [0.15, 0.2) is 82.5 Å². The molecule has 0 spiro atoms. The van der Waals surface area contributed by atoms with Gasteiger partial charge >= 0.3 is 5.69 Å². The van der Waals surface area contributed by atoms with E-state index in [2.05, 4.69) is 23.3 Å². The molecule has 0 bridgehead atoms. The molecule has 11 nitrogen and oxygen atoms in total. The Morgan fingerprint density at radius 2 is 1.72 bits per heavy atom. The number of imidazole rings is 1. The minimum absolute atomic E-state index is 0.0789. The largest absolute Gasteiger partial charge is 0.497 e. The third kappa shape index (κ3) is 6.06. The molecule has 3 aromatic carbocycles. The van der Waals surface area contributed by atoms with Crippen molar-refractivity contribution in [2.45, 2.75) is 36.2 Å². The molecule has 0 aliphatic carbocycles. The van der Waals surface area contributed by atoms with Crippen molar-refractivity contribution >= 4 is 27.0 Å². The van der Waals surface area contributed by atoms with Gasteiger partial charge in [0, 0.05) is 19.1 Å². The Hall–Kier alpha value is -4.44. The summed E-state index contributed by atoms with van der Waals surface area (Å²) < 4.78 is 35.2. The maximum absolute atomic E-state index is 14.5. The zero-order valence-corrected chi connectivity index (χ0v) is 26.8. The summed E-state index contributed by atoms with van der Waals surface area (Å²) in [5, 5.41) is 13.4. The van der Waals surface area contributed by atoms with Crippen LogP contribution in [0.2, 0.25) is 0 Å².